The van der Waals surface area contributed by atoms with Gasteiger partial charge in [-0.2, -0.15) is 4.89 Å². The van der Waals surface area contributed by atoms with E-state index < -0.39 is 14.2 Å². The SMILES string of the molecule is COP(=O)(O)OOC(F)CBr. The molecule has 5 nitrogen and oxygen atoms in total. The van der Waals surface area contributed by atoms with E-state index in [-0.39, 0.29) is 5.33 Å². The first-order valence-corrected chi connectivity index (χ1v) is 5.07. The molecule has 0 aromatic carbocycles. The fourth-order valence-corrected chi connectivity index (χ4v) is 0.528. The fourth-order valence-electron chi connectivity index (χ4n) is 0.157. The predicted octanol–water partition coefficient (Wildman–Crippen LogP) is 1.37. The average molecular weight is 253 g/mol. The largest absolute Gasteiger partial charge is 0.499 e. The van der Waals surface area contributed by atoms with Crippen LogP contribution in [0.4, 0.5) is 4.39 Å². The van der Waals surface area contributed by atoms with Crippen LogP contribution in [0, 0.1) is 0 Å². The van der Waals surface area contributed by atoms with Crippen molar-refractivity contribution in [3.8, 4) is 0 Å². The molecule has 0 heterocycles. The molecule has 11 heavy (non-hydrogen) atoms. The van der Waals surface area contributed by atoms with Crippen LogP contribution in [0.5, 0.6) is 0 Å². The van der Waals surface area contributed by atoms with Gasteiger partial charge >= 0.3 is 7.82 Å². The summed E-state index contributed by atoms with van der Waals surface area (Å²) in [6, 6.07) is 0. The minimum atomic E-state index is -4.22. The second-order valence-electron chi connectivity index (χ2n) is 1.39. The van der Waals surface area contributed by atoms with Crippen LogP contribution in [0.1, 0.15) is 0 Å². The van der Waals surface area contributed by atoms with Gasteiger partial charge in [-0.25, -0.2) is 8.96 Å². The molecule has 0 saturated carbocycles. The van der Waals surface area contributed by atoms with Gasteiger partial charge in [-0.05, 0) is 0 Å². The molecule has 0 aliphatic carbocycles. The molecular formula is C3H7BrFO5P. The fraction of sp³-hybridized carbons (Fsp3) is 1.00. The van der Waals surface area contributed by atoms with Crippen molar-refractivity contribution in [1.29, 1.82) is 0 Å². The molecule has 2 atom stereocenters. The van der Waals surface area contributed by atoms with Gasteiger partial charge in [-0.15, -0.1) is 4.67 Å². The summed E-state index contributed by atoms with van der Waals surface area (Å²) in [7, 11) is -3.29. The molecule has 0 fully saturated rings. The molecule has 0 rings (SSSR count). The van der Waals surface area contributed by atoms with Crippen LogP contribution < -0.4 is 0 Å². The lowest BCUT2D eigenvalue weighted by atomic mass is 10.8. The molecule has 1 N–H and O–H groups in total. The van der Waals surface area contributed by atoms with E-state index in [9.17, 15) is 8.96 Å². The summed E-state index contributed by atoms with van der Waals surface area (Å²) < 4.78 is 30.2. The average Bonchev–Trinajstić information content (AvgIpc) is 2.00. The van der Waals surface area contributed by atoms with Gasteiger partial charge in [0.25, 0.3) is 0 Å². The van der Waals surface area contributed by atoms with Gasteiger partial charge in [0.1, 0.15) is 0 Å². The third kappa shape index (κ3) is 5.72. The standard InChI is InChI=1S/C3H7BrFO5P/c1-8-11(6,7)10-9-3(5)2-4/h3H,2H2,1H3,(H,6,7). The zero-order valence-electron chi connectivity index (χ0n) is 5.57. The molecule has 0 radical (unpaired) electrons. The summed E-state index contributed by atoms with van der Waals surface area (Å²) in [4.78, 5) is 12.3. The summed E-state index contributed by atoms with van der Waals surface area (Å²) in [5.74, 6) is 0. The van der Waals surface area contributed by atoms with E-state index >= 15 is 0 Å². The van der Waals surface area contributed by atoms with Crippen molar-refractivity contribution in [3.05, 3.63) is 0 Å². The second-order valence-corrected chi connectivity index (χ2v) is 3.49. The smallest absolute Gasteiger partial charge is 0.301 e. The van der Waals surface area contributed by atoms with Crippen molar-refractivity contribution in [1.82, 2.24) is 0 Å². The van der Waals surface area contributed by atoms with E-state index in [0.29, 0.717) is 0 Å². The first-order valence-electron chi connectivity index (χ1n) is 2.45. The van der Waals surface area contributed by atoms with Gasteiger partial charge in [-0.1, -0.05) is 15.9 Å². The summed E-state index contributed by atoms with van der Waals surface area (Å²) in [5, 5.41) is -0.156. The van der Waals surface area contributed by atoms with E-state index in [1.807, 2.05) is 0 Å². The normalized spacial score (nSPS) is 19.3. The zero-order valence-corrected chi connectivity index (χ0v) is 8.05. The lowest BCUT2D eigenvalue weighted by Gasteiger charge is -2.08. The first kappa shape index (κ1) is 11.5. The Kier molecular flexibility index (Phi) is 5.41. The summed E-state index contributed by atoms with van der Waals surface area (Å²) in [6.45, 7) is 0. The maximum Gasteiger partial charge on any atom is 0.499 e. The Morgan fingerprint density at radius 1 is 1.82 bits per heavy atom. The minimum Gasteiger partial charge on any atom is -0.301 e. The number of hydrogen-bond acceptors (Lipinski definition) is 4. The summed E-state index contributed by atoms with van der Waals surface area (Å²) in [5.41, 5.74) is 0. The lowest BCUT2D eigenvalue weighted by Crippen LogP contribution is -2.07. The Morgan fingerprint density at radius 2 is 2.36 bits per heavy atom. The van der Waals surface area contributed by atoms with E-state index in [2.05, 4.69) is 30.0 Å². The third-order valence-corrected chi connectivity index (χ3v) is 1.84. The highest BCUT2D eigenvalue weighted by molar-refractivity contribution is 9.09. The van der Waals surface area contributed by atoms with E-state index in [0.717, 1.165) is 7.11 Å². The van der Waals surface area contributed by atoms with E-state index in [4.69, 9.17) is 4.89 Å². The Morgan fingerprint density at radius 3 is 2.73 bits per heavy atom. The molecule has 68 valence electrons. The molecule has 0 aliphatic heterocycles. The van der Waals surface area contributed by atoms with Gasteiger partial charge in [0.2, 0.25) is 6.36 Å². The number of alkyl halides is 2. The zero-order chi connectivity index (χ0) is 8.91. The van der Waals surface area contributed by atoms with Crippen molar-refractivity contribution >= 4 is 23.8 Å². The van der Waals surface area contributed by atoms with Crippen molar-refractivity contribution < 1.29 is 27.9 Å². The van der Waals surface area contributed by atoms with E-state index in [1.165, 1.54) is 0 Å². The van der Waals surface area contributed by atoms with Crippen LogP contribution in [-0.4, -0.2) is 23.7 Å². The van der Waals surface area contributed by atoms with Gasteiger partial charge in [0.05, 0.1) is 5.33 Å². The highest BCUT2D eigenvalue weighted by atomic mass is 79.9. The number of rotatable bonds is 5. The Labute approximate surface area is 71.1 Å². The van der Waals surface area contributed by atoms with Gasteiger partial charge in [0, 0.05) is 7.11 Å². The summed E-state index contributed by atoms with van der Waals surface area (Å²) >= 11 is 2.71. The van der Waals surface area contributed by atoms with Gasteiger partial charge in [0.15, 0.2) is 0 Å². The number of halogens is 2. The van der Waals surface area contributed by atoms with E-state index in [1.54, 1.807) is 0 Å². The van der Waals surface area contributed by atoms with Crippen molar-refractivity contribution in [2.45, 2.75) is 6.36 Å². The monoisotopic (exact) mass is 252 g/mol. The molecule has 0 aromatic rings. The molecule has 8 heteroatoms. The van der Waals surface area contributed by atoms with Crippen LogP contribution >= 0.6 is 23.8 Å². The maximum absolute atomic E-state index is 12.1. The van der Waals surface area contributed by atoms with Crippen LogP contribution in [-0.2, 0) is 18.7 Å². The number of phosphoric acid groups is 1. The molecule has 0 aromatic heterocycles. The first-order chi connectivity index (χ1) is 5.02. The van der Waals surface area contributed by atoms with Gasteiger partial charge in [-0.3, -0.25) is 4.52 Å². The topological polar surface area (TPSA) is 65.0 Å². The quantitative estimate of drug-likeness (QED) is 0.347. The maximum atomic E-state index is 12.1. The Hall–Kier alpha value is 0.480. The van der Waals surface area contributed by atoms with Crippen molar-refractivity contribution in [3.63, 3.8) is 0 Å². The van der Waals surface area contributed by atoms with Crippen molar-refractivity contribution in [2.24, 2.45) is 0 Å². The van der Waals surface area contributed by atoms with Crippen LogP contribution in [0.25, 0.3) is 0 Å². The van der Waals surface area contributed by atoms with Crippen molar-refractivity contribution in [2.75, 3.05) is 12.4 Å². The third-order valence-electron chi connectivity index (χ3n) is 0.594. The highest BCUT2D eigenvalue weighted by Crippen LogP contribution is 2.42. The van der Waals surface area contributed by atoms with Crippen LogP contribution in [0.2, 0.25) is 0 Å². The molecule has 0 bridgehead atoms. The summed E-state index contributed by atoms with van der Waals surface area (Å²) in [6.07, 6.45) is -1.80. The molecule has 0 amide bonds. The van der Waals surface area contributed by atoms with Crippen LogP contribution in [0.3, 0.4) is 0 Å². The van der Waals surface area contributed by atoms with Crippen LogP contribution in [0.15, 0.2) is 0 Å². The predicted molar refractivity (Wildman–Crippen MR) is 37.7 cm³/mol. The molecular weight excluding hydrogens is 246 g/mol. The Balaban J connectivity index is 3.61. The number of phosphoric ester groups is 1. The minimum absolute atomic E-state index is 0.156. The van der Waals surface area contributed by atoms with Gasteiger partial charge < -0.3 is 4.89 Å². The molecule has 0 aliphatic rings. The number of hydrogen-bond donors (Lipinski definition) is 1. The molecule has 0 spiro atoms. The molecule has 0 saturated heterocycles. The highest BCUT2D eigenvalue weighted by Gasteiger charge is 2.22. The Bertz CT molecular complexity index is 155. The lowest BCUT2D eigenvalue weighted by molar-refractivity contribution is -0.285. The second kappa shape index (κ2) is 5.18. The molecule has 2 unspecified atom stereocenters.